The molecule has 4 aliphatic rings. The number of likely N-dealkylation sites (tertiary alicyclic amines) is 4. The van der Waals surface area contributed by atoms with Crippen molar-refractivity contribution >= 4 is 47.5 Å². The molecule has 121 heavy (non-hydrogen) atoms. The molecule has 0 aromatic carbocycles. The number of hydrogen-bond donors (Lipinski definition) is 2. The molecule has 0 aliphatic carbocycles. The number of esters is 4. The van der Waals surface area contributed by atoms with Crippen molar-refractivity contribution in [1.29, 1.82) is 0 Å². The molecule has 4 atom stereocenters. The van der Waals surface area contributed by atoms with Crippen molar-refractivity contribution < 1.29 is 72.3 Å². The Morgan fingerprint density at radius 2 is 0.430 bits per heavy atom. The summed E-state index contributed by atoms with van der Waals surface area (Å²) in [6, 6.07) is 0. The molecule has 4 unspecified atom stereocenters. The Morgan fingerprint density at radius 3 is 0.603 bits per heavy atom. The van der Waals surface area contributed by atoms with E-state index in [9.17, 15) is 48.6 Å². The van der Waals surface area contributed by atoms with E-state index in [0.29, 0.717) is 26.2 Å². The summed E-state index contributed by atoms with van der Waals surface area (Å²) in [6.45, 7) is 7.40. The van der Waals surface area contributed by atoms with Crippen LogP contribution in [0.5, 0.6) is 0 Å². The molecule has 4 rings (SSSR count). The predicted octanol–water partition coefficient (Wildman–Crippen LogP) is 22.7. The Bertz CT molecular complexity index is 2470. The van der Waals surface area contributed by atoms with Gasteiger partial charge in [0.2, 0.25) is 23.6 Å². The van der Waals surface area contributed by atoms with Crippen LogP contribution in [0, 0.1) is 34.5 Å². The fourth-order valence-electron chi connectivity index (χ4n) is 17.2. The molecule has 4 heterocycles. The normalized spacial score (nSPS) is 18.2. The second-order valence-corrected chi connectivity index (χ2v) is 37.0. The molecule has 0 radical (unpaired) electrons. The number of carbonyl (C=O) groups is 8. The molecule has 696 valence electrons. The lowest BCUT2D eigenvalue weighted by molar-refractivity contribution is -0.172. The lowest BCUT2D eigenvalue weighted by Gasteiger charge is -2.35. The van der Waals surface area contributed by atoms with E-state index in [-0.39, 0.29) is 75.5 Å². The zero-order valence-corrected chi connectivity index (χ0v) is 77.7. The minimum atomic E-state index is -1.63. The van der Waals surface area contributed by atoms with Crippen LogP contribution in [0.4, 0.5) is 0 Å². The largest absolute Gasteiger partial charge is 0.464 e. The highest BCUT2D eigenvalue weighted by molar-refractivity contribution is 5.89. The number of hydrogen-bond acceptors (Lipinski definition) is 15. The van der Waals surface area contributed by atoms with Crippen LogP contribution in [-0.4, -0.2) is 183 Å². The SMILES string of the molecule is CCCCCCCC/C=C\CCCCCCCCN1CC(C(=O)OCC(CO)(COCC(CO)(COC(=O)C2CC(=O)N(CCCCCCCC/C=C\CCCCCCCC)C2)COC(=O)C2CC(=O)N(CCCCCCCC/C=C\CCCCCCCC)C2)COC(=O)C2CC(=O)N(CCCCCCCC/C=C\CCCCCCCC)C2)CC1=O. The van der Waals surface area contributed by atoms with E-state index in [4.69, 9.17) is 23.7 Å². The van der Waals surface area contributed by atoms with Crippen LogP contribution in [-0.2, 0) is 62.0 Å². The molecule has 4 amide bonds. The zero-order chi connectivity index (χ0) is 87.2. The Hall–Kier alpha value is -5.40. The van der Waals surface area contributed by atoms with Gasteiger partial charge in [-0.2, -0.15) is 0 Å². The zero-order valence-electron chi connectivity index (χ0n) is 77.7. The van der Waals surface area contributed by atoms with Crippen LogP contribution in [0.3, 0.4) is 0 Å². The lowest BCUT2D eigenvalue weighted by atomic mass is 9.90. The average molecular weight is 1700 g/mol. The van der Waals surface area contributed by atoms with Gasteiger partial charge in [0.25, 0.3) is 0 Å². The number of aliphatic hydroxyl groups is 2. The fourth-order valence-corrected chi connectivity index (χ4v) is 17.2. The van der Waals surface area contributed by atoms with Crippen LogP contribution in [0.1, 0.15) is 413 Å². The van der Waals surface area contributed by atoms with Gasteiger partial charge < -0.3 is 53.5 Å². The Kier molecular flexibility index (Phi) is 64.0. The monoisotopic (exact) mass is 1700 g/mol. The first-order chi connectivity index (χ1) is 59.2. The number of nitrogens with zero attached hydrogens (tertiary/aromatic N) is 4. The highest BCUT2D eigenvalue weighted by Gasteiger charge is 2.44. The van der Waals surface area contributed by atoms with Crippen LogP contribution < -0.4 is 0 Å². The summed E-state index contributed by atoms with van der Waals surface area (Å²) in [4.78, 5) is 117. The number of unbranched alkanes of at least 4 members (excludes halogenated alkanes) is 48. The van der Waals surface area contributed by atoms with E-state index in [2.05, 4.69) is 76.3 Å². The van der Waals surface area contributed by atoms with Crippen molar-refractivity contribution in [3.05, 3.63) is 48.6 Å². The summed E-state index contributed by atoms with van der Waals surface area (Å²) >= 11 is 0. The molecule has 0 bridgehead atoms. The topological polar surface area (TPSA) is 236 Å². The lowest BCUT2D eigenvalue weighted by Crippen LogP contribution is -2.47. The van der Waals surface area contributed by atoms with Gasteiger partial charge in [-0.1, -0.05) is 307 Å². The molecular weight excluding hydrogens is 1520 g/mol. The number of allylic oxidation sites excluding steroid dienone is 8. The Labute approximate surface area is 736 Å². The van der Waals surface area contributed by atoms with Gasteiger partial charge in [0.05, 0.1) is 60.9 Å². The summed E-state index contributed by atoms with van der Waals surface area (Å²) in [5.41, 5.74) is -3.26. The molecule has 4 aliphatic heterocycles. The Balaban J connectivity index is 1.40. The number of ether oxygens (including phenoxy) is 5. The van der Waals surface area contributed by atoms with E-state index in [1.807, 2.05) is 0 Å². The second-order valence-electron chi connectivity index (χ2n) is 37.0. The molecule has 4 fully saturated rings. The van der Waals surface area contributed by atoms with Gasteiger partial charge >= 0.3 is 23.9 Å². The van der Waals surface area contributed by atoms with E-state index >= 15 is 0 Å². The van der Waals surface area contributed by atoms with E-state index < -0.39 is 111 Å². The van der Waals surface area contributed by atoms with Crippen LogP contribution in [0.2, 0.25) is 0 Å². The quantitative estimate of drug-likeness (QED) is 0.0249. The summed E-state index contributed by atoms with van der Waals surface area (Å²) < 4.78 is 30.5. The van der Waals surface area contributed by atoms with Crippen molar-refractivity contribution in [1.82, 2.24) is 19.6 Å². The molecule has 0 aromatic heterocycles. The van der Waals surface area contributed by atoms with Gasteiger partial charge in [-0.05, 0) is 128 Å². The van der Waals surface area contributed by atoms with Gasteiger partial charge in [0.15, 0.2) is 0 Å². The highest BCUT2D eigenvalue weighted by Crippen LogP contribution is 2.31. The third kappa shape index (κ3) is 51.1. The van der Waals surface area contributed by atoms with Gasteiger partial charge in [-0.15, -0.1) is 0 Å². The average Bonchev–Trinajstić information content (AvgIpc) is 1.47. The molecule has 4 saturated heterocycles. The summed E-state index contributed by atoms with van der Waals surface area (Å²) in [7, 11) is 0. The summed E-state index contributed by atoms with van der Waals surface area (Å²) in [5, 5.41) is 23.0. The highest BCUT2D eigenvalue weighted by atomic mass is 16.6. The molecule has 0 aromatic rings. The van der Waals surface area contributed by atoms with Crippen molar-refractivity contribution in [2.45, 2.75) is 413 Å². The van der Waals surface area contributed by atoms with Gasteiger partial charge in [0.1, 0.15) is 26.4 Å². The Morgan fingerprint density at radius 1 is 0.264 bits per heavy atom. The van der Waals surface area contributed by atoms with E-state index in [0.717, 1.165) is 205 Å². The maximum atomic E-state index is 14.2. The summed E-state index contributed by atoms with van der Waals surface area (Å²) in [5.74, 6) is -6.34. The standard InChI is InChI=1S/C102H178N4O15/c1-5-9-13-17-21-25-29-33-37-41-45-49-53-57-61-65-69-103-77-89(73-93(103)109)97(113)118-85-101(81-107,86-119-98(114)90-74-94(110)104(78-90)70-66-62-58-54-50-46-42-38-34-30-26-22-18-14-10-6-2)83-117-84-102(82-108,87-120-99(115)91-75-95(111)105(79-91)71-67-63-59-55-51-47-43-39-35-31-27-23-19-15-11-7-3)88-121-100(116)92-76-96(112)106(80-92)72-68-64-60-56-52-48-44-40-36-32-28-24-20-16-12-8-4/h33-40,89-92,107-108H,5-32,41-88H2,1-4H3/b37-33-,38-34-,39-35-,40-36-. The fraction of sp³-hybridized carbons (Fsp3) is 0.843. The second kappa shape index (κ2) is 71.7. The van der Waals surface area contributed by atoms with Crippen molar-refractivity contribution in [3.8, 4) is 0 Å². The first-order valence-corrected chi connectivity index (χ1v) is 50.3. The molecule has 19 heteroatoms. The van der Waals surface area contributed by atoms with E-state index in [1.165, 1.54) is 154 Å². The van der Waals surface area contributed by atoms with Gasteiger partial charge in [0, 0.05) is 78.0 Å². The molecule has 0 saturated carbocycles. The smallest absolute Gasteiger partial charge is 0.311 e. The maximum Gasteiger partial charge on any atom is 0.311 e. The molecular formula is C102H178N4O15. The third-order valence-electron chi connectivity index (χ3n) is 25.5. The summed E-state index contributed by atoms with van der Waals surface area (Å²) in [6.07, 6.45) is 84.1. The van der Waals surface area contributed by atoms with Crippen LogP contribution >= 0.6 is 0 Å². The van der Waals surface area contributed by atoms with Gasteiger partial charge in [-0.25, -0.2) is 0 Å². The molecule has 2 N–H and O–H groups in total. The molecule has 19 nitrogen and oxygen atoms in total. The number of rotatable bonds is 82. The number of amides is 4. The number of carbonyl (C=O) groups excluding carboxylic acids is 8. The first-order valence-electron chi connectivity index (χ1n) is 50.3. The van der Waals surface area contributed by atoms with Crippen molar-refractivity contribution in [3.63, 3.8) is 0 Å². The van der Waals surface area contributed by atoms with Crippen molar-refractivity contribution in [2.24, 2.45) is 34.5 Å². The third-order valence-corrected chi connectivity index (χ3v) is 25.5. The van der Waals surface area contributed by atoms with Crippen molar-refractivity contribution in [2.75, 3.05) is 105 Å². The molecule has 0 spiro atoms. The first kappa shape index (κ1) is 108. The maximum absolute atomic E-state index is 14.2. The predicted molar refractivity (Wildman–Crippen MR) is 490 cm³/mol. The van der Waals surface area contributed by atoms with E-state index in [1.54, 1.807) is 19.6 Å². The minimum absolute atomic E-state index is 0.0428. The van der Waals surface area contributed by atoms with Crippen LogP contribution in [0.15, 0.2) is 48.6 Å². The minimum Gasteiger partial charge on any atom is -0.464 e. The van der Waals surface area contributed by atoms with Gasteiger partial charge in [-0.3, -0.25) is 38.4 Å². The number of aliphatic hydroxyl groups excluding tert-OH is 2. The van der Waals surface area contributed by atoms with Crippen LogP contribution in [0.25, 0.3) is 0 Å².